The van der Waals surface area contributed by atoms with Crippen LogP contribution in [-0.4, -0.2) is 13.1 Å². The largest absolute Gasteiger partial charge is 0.316 e. The first-order valence-corrected chi connectivity index (χ1v) is 7.82. The summed E-state index contributed by atoms with van der Waals surface area (Å²) in [7, 11) is 0. The summed E-state index contributed by atoms with van der Waals surface area (Å²) in [6, 6.07) is 15.4. The molecule has 1 aliphatic heterocycles. The first-order valence-electron chi connectivity index (χ1n) is 7.44. The molecule has 0 radical (unpaired) electrons. The molecule has 21 heavy (non-hydrogen) atoms. The number of benzene rings is 2. The second-order valence-electron chi connectivity index (χ2n) is 5.68. The maximum absolute atomic E-state index is 14.2. The zero-order valence-corrected chi connectivity index (χ0v) is 12.6. The van der Waals surface area contributed by atoms with Gasteiger partial charge in [-0.15, -0.1) is 0 Å². The van der Waals surface area contributed by atoms with Gasteiger partial charge in [0.1, 0.15) is 5.82 Å². The van der Waals surface area contributed by atoms with Crippen molar-refractivity contribution in [3.63, 3.8) is 0 Å². The van der Waals surface area contributed by atoms with Crippen LogP contribution in [0.4, 0.5) is 4.39 Å². The van der Waals surface area contributed by atoms with Crippen molar-refractivity contribution in [2.45, 2.75) is 18.8 Å². The van der Waals surface area contributed by atoms with Crippen LogP contribution in [0.1, 0.15) is 23.5 Å². The van der Waals surface area contributed by atoms with Gasteiger partial charge < -0.3 is 5.32 Å². The Balaban J connectivity index is 1.88. The molecule has 0 saturated carbocycles. The molecule has 2 aromatic rings. The molecule has 1 nitrogen and oxygen atoms in total. The minimum atomic E-state index is -0.174. The number of halogens is 2. The van der Waals surface area contributed by atoms with E-state index in [0.717, 1.165) is 25.9 Å². The van der Waals surface area contributed by atoms with Crippen LogP contribution < -0.4 is 5.32 Å². The lowest BCUT2D eigenvalue weighted by molar-refractivity contribution is 0.317. The van der Waals surface area contributed by atoms with Crippen LogP contribution in [0.3, 0.4) is 0 Å². The molecule has 0 aromatic heterocycles. The van der Waals surface area contributed by atoms with Crippen molar-refractivity contribution in [1.82, 2.24) is 5.32 Å². The Hall–Kier alpha value is -1.38. The van der Waals surface area contributed by atoms with Crippen LogP contribution in [0.2, 0.25) is 5.02 Å². The topological polar surface area (TPSA) is 12.0 Å². The Morgan fingerprint density at radius 2 is 1.90 bits per heavy atom. The van der Waals surface area contributed by atoms with Gasteiger partial charge in [0.05, 0.1) is 0 Å². The van der Waals surface area contributed by atoms with Gasteiger partial charge in [-0.05, 0) is 55.5 Å². The first-order chi connectivity index (χ1) is 10.3. The molecule has 2 unspecified atom stereocenters. The number of nitrogens with one attached hydrogen (secondary N) is 1. The molecule has 1 saturated heterocycles. The van der Waals surface area contributed by atoms with Gasteiger partial charge in [-0.25, -0.2) is 4.39 Å². The zero-order valence-electron chi connectivity index (χ0n) is 11.9. The molecule has 1 heterocycles. The average Bonchev–Trinajstić information content (AvgIpc) is 2.50. The predicted octanol–water partition coefficient (Wildman–Crippen LogP) is 4.41. The normalized spacial score (nSPS) is 22.2. The molecule has 2 aromatic carbocycles. The van der Waals surface area contributed by atoms with Gasteiger partial charge in [0.25, 0.3) is 0 Å². The van der Waals surface area contributed by atoms with Gasteiger partial charge in [-0.3, -0.25) is 0 Å². The van der Waals surface area contributed by atoms with Crippen molar-refractivity contribution in [2.24, 2.45) is 5.92 Å². The van der Waals surface area contributed by atoms with Gasteiger partial charge in [0.15, 0.2) is 0 Å². The highest BCUT2D eigenvalue weighted by Crippen LogP contribution is 2.37. The molecular formula is C18H19ClFN. The molecule has 0 amide bonds. The summed E-state index contributed by atoms with van der Waals surface area (Å²) in [6.45, 7) is 1.82. The maximum Gasteiger partial charge on any atom is 0.128 e. The van der Waals surface area contributed by atoms with Crippen LogP contribution >= 0.6 is 11.6 Å². The third-order valence-corrected chi connectivity index (χ3v) is 4.65. The van der Waals surface area contributed by atoms with E-state index in [0.29, 0.717) is 16.5 Å². The van der Waals surface area contributed by atoms with Gasteiger partial charge in [-0.1, -0.05) is 48.0 Å². The number of rotatable bonds is 3. The number of hydrogen-bond acceptors (Lipinski definition) is 1. The predicted molar refractivity (Wildman–Crippen MR) is 85.3 cm³/mol. The molecule has 2 atom stereocenters. The van der Waals surface area contributed by atoms with Crippen molar-refractivity contribution < 1.29 is 4.39 Å². The minimum Gasteiger partial charge on any atom is -0.316 e. The molecule has 3 heteroatoms. The van der Waals surface area contributed by atoms with Gasteiger partial charge >= 0.3 is 0 Å². The Morgan fingerprint density at radius 3 is 2.67 bits per heavy atom. The molecule has 1 aliphatic rings. The lowest BCUT2D eigenvalue weighted by Crippen LogP contribution is -2.37. The minimum absolute atomic E-state index is 0.174. The fraction of sp³-hybridized carbons (Fsp3) is 0.333. The summed E-state index contributed by atoms with van der Waals surface area (Å²) in [5.74, 6) is 0.378. The van der Waals surface area contributed by atoms with Crippen molar-refractivity contribution >= 4 is 11.6 Å². The van der Waals surface area contributed by atoms with E-state index < -0.39 is 0 Å². The Morgan fingerprint density at radius 1 is 1.10 bits per heavy atom. The van der Waals surface area contributed by atoms with E-state index in [-0.39, 0.29) is 11.7 Å². The summed E-state index contributed by atoms with van der Waals surface area (Å²) in [5.41, 5.74) is 1.99. The summed E-state index contributed by atoms with van der Waals surface area (Å²) >= 11 is 6.27. The van der Waals surface area contributed by atoms with E-state index in [1.807, 2.05) is 6.07 Å². The molecule has 1 N–H and O–H groups in total. The standard InChI is InChI=1S/C18H19ClFN/c19-16-7-4-8-17(20)18(16)15-9-10-21-12-14(15)11-13-5-2-1-3-6-13/h1-8,14-15,21H,9-12H2. The first kappa shape index (κ1) is 14.6. The molecule has 3 rings (SSSR count). The van der Waals surface area contributed by atoms with Gasteiger partial charge in [-0.2, -0.15) is 0 Å². The van der Waals surface area contributed by atoms with E-state index in [1.54, 1.807) is 12.1 Å². The van der Waals surface area contributed by atoms with Crippen molar-refractivity contribution in [2.75, 3.05) is 13.1 Å². The molecular weight excluding hydrogens is 285 g/mol. The summed E-state index contributed by atoms with van der Waals surface area (Å²) < 4.78 is 14.2. The quantitative estimate of drug-likeness (QED) is 0.885. The number of piperidine rings is 1. The van der Waals surface area contributed by atoms with Crippen LogP contribution in [-0.2, 0) is 6.42 Å². The van der Waals surface area contributed by atoms with E-state index in [9.17, 15) is 4.39 Å². The fourth-order valence-electron chi connectivity index (χ4n) is 3.30. The number of hydrogen-bond donors (Lipinski definition) is 1. The van der Waals surface area contributed by atoms with E-state index in [1.165, 1.54) is 11.6 Å². The van der Waals surface area contributed by atoms with Crippen molar-refractivity contribution in [3.8, 4) is 0 Å². The van der Waals surface area contributed by atoms with E-state index >= 15 is 0 Å². The molecule has 110 valence electrons. The average molecular weight is 304 g/mol. The highest BCUT2D eigenvalue weighted by atomic mass is 35.5. The molecule has 0 aliphatic carbocycles. The second-order valence-corrected chi connectivity index (χ2v) is 6.09. The van der Waals surface area contributed by atoms with Crippen molar-refractivity contribution in [1.29, 1.82) is 0 Å². The van der Waals surface area contributed by atoms with Crippen LogP contribution in [0, 0.1) is 11.7 Å². The highest BCUT2D eigenvalue weighted by molar-refractivity contribution is 6.31. The van der Waals surface area contributed by atoms with Gasteiger partial charge in [0.2, 0.25) is 0 Å². The molecule has 1 fully saturated rings. The van der Waals surface area contributed by atoms with Gasteiger partial charge in [0, 0.05) is 10.6 Å². The van der Waals surface area contributed by atoms with Crippen molar-refractivity contribution in [3.05, 3.63) is 70.5 Å². The smallest absolute Gasteiger partial charge is 0.128 e. The molecule has 0 bridgehead atoms. The van der Waals surface area contributed by atoms with E-state index in [2.05, 4.69) is 29.6 Å². The SMILES string of the molecule is Fc1cccc(Cl)c1C1CCNCC1Cc1ccccc1. The lowest BCUT2D eigenvalue weighted by atomic mass is 9.78. The lowest BCUT2D eigenvalue weighted by Gasteiger charge is -2.33. The summed E-state index contributed by atoms with van der Waals surface area (Å²) in [4.78, 5) is 0. The maximum atomic E-state index is 14.2. The Bertz CT molecular complexity index is 579. The monoisotopic (exact) mass is 303 g/mol. The van der Waals surface area contributed by atoms with E-state index in [4.69, 9.17) is 11.6 Å². The summed E-state index contributed by atoms with van der Waals surface area (Å²) in [5, 5.41) is 3.98. The second kappa shape index (κ2) is 6.59. The van der Waals surface area contributed by atoms with Crippen LogP contribution in [0.5, 0.6) is 0 Å². The summed E-state index contributed by atoms with van der Waals surface area (Å²) in [6.07, 6.45) is 1.88. The Kier molecular flexibility index (Phi) is 4.57. The van der Waals surface area contributed by atoms with Crippen LogP contribution in [0.25, 0.3) is 0 Å². The van der Waals surface area contributed by atoms with Crippen LogP contribution in [0.15, 0.2) is 48.5 Å². The third kappa shape index (κ3) is 3.28. The fourth-order valence-corrected chi connectivity index (χ4v) is 3.60. The third-order valence-electron chi connectivity index (χ3n) is 4.32. The Labute approximate surface area is 130 Å². The molecule has 0 spiro atoms. The zero-order chi connectivity index (χ0) is 14.7. The highest BCUT2D eigenvalue weighted by Gasteiger charge is 2.30.